The van der Waals surface area contributed by atoms with Crippen LogP contribution in [-0.4, -0.2) is 27.6 Å². The third-order valence-electron chi connectivity index (χ3n) is 4.50. The second kappa shape index (κ2) is 10.7. The van der Waals surface area contributed by atoms with E-state index in [9.17, 15) is 9.59 Å². The van der Waals surface area contributed by atoms with Gasteiger partial charge < -0.3 is 9.73 Å². The Hall–Kier alpha value is -2.93. The molecular formula is C23H25N3O3S. The molecule has 30 heavy (non-hydrogen) atoms. The lowest BCUT2D eigenvalue weighted by atomic mass is 10.1. The molecule has 6 nitrogen and oxygen atoms in total. The molecule has 156 valence electrons. The lowest BCUT2D eigenvalue weighted by Crippen LogP contribution is -2.11. The highest BCUT2D eigenvalue weighted by Gasteiger charge is 2.13. The molecule has 0 saturated heterocycles. The van der Waals surface area contributed by atoms with Gasteiger partial charge in [0.2, 0.25) is 11.8 Å². The molecule has 0 unspecified atom stereocenters. The maximum Gasteiger partial charge on any atom is 0.277 e. The fraction of sp³-hybridized carbons (Fsp3) is 0.304. The summed E-state index contributed by atoms with van der Waals surface area (Å²) in [6.45, 7) is 4.10. The highest BCUT2D eigenvalue weighted by atomic mass is 32.2. The molecule has 1 amide bonds. The summed E-state index contributed by atoms with van der Waals surface area (Å²) in [5, 5.41) is 11.3. The largest absolute Gasteiger partial charge is 0.411 e. The number of Topliss-reactive ketones (excluding diaryl/α,β-unsaturated/α-hetero) is 1. The summed E-state index contributed by atoms with van der Waals surface area (Å²) in [6, 6.07) is 14.7. The van der Waals surface area contributed by atoms with E-state index in [1.165, 1.54) is 11.8 Å². The minimum atomic E-state index is -0.0453. The van der Waals surface area contributed by atoms with E-state index in [2.05, 4.69) is 22.4 Å². The molecule has 3 aromatic rings. The van der Waals surface area contributed by atoms with E-state index in [0.717, 1.165) is 30.4 Å². The zero-order valence-electron chi connectivity index (χ0n) is 17.2. The summed E-state index contributed by atoms with van der Waals surface area (Å²) in [5.74, 6) is 0.584. The summed E-state index contributed by atoms with van der Waals surface area (Å²) in [4.78, 5) is 24.3. The molecule has 0 aliphatic carbocycles. The van der Waals surface area contributed by atoms with E-state index in [1.807, 2.05) is 31.2 Å². The van der Waals surface area contributed by atoms with Crippen LogP contribution in [0.4, 0.5) is 5.69 Å². The van der Waals surface area contributed by atoms with Gasteiger partial charge in [0.05, 0.1) is 5.75 Å². The first-order valence-corrected chi connectivity index (χ1v) is 11.0. The third-order valence-corrected chi connectivity index (χ3v) is 5.31. The van der Waals surface area contributed by atoms with E-state index < -0.39 is 0 Å². The van der Waals surface area contributed by atoms with Crippen LogP contribution in [0.25, 0.3) is 11.5 Å². The molecule has 0 spiro atoms. The minimum Gasteiger partial charge on any atom is -0.411 e. The van der Waals surface area contributed by atoms with E-state index in [0.29, 0.717) is 28.8 Å². The zero-order valence-corrected chi connectivity index (χ0v) is 18.0. The van der Waals surface area contributed by atoms with E-state index >= 15 is 0 Å². The Morgan fingerprint density at radius 3 is 2.60 bits per heavy atom. The highest BCUT2D eigenvalue weighted by Crippen LogP contribution is 2.24. The molecule has 3 rings (SSSR count). The summed E-state index contributed by atoms with van der Waals surface area (Å²) in [6.07, 6.45) is 3.53. The van der Waals surface area contributed by atoms with Gasteiger partial charge >= 0.3 is 0 Å². The van der Waals surface area contributed by atoms with Crippen LogP contribution in [0.3, 0.4) is 0 Å². The van der Waals surface area contributed by atoms with Crippen molar-refractivity contribution in [1.29, 1.82) is 0 Å². The second-order valence-corrected chi connectivity index (χ2v) is 7.96. The van der Waals surface area contributed by atoms with Gasteiger partial charge in [-0.2, -0.15) is 0 Å². The van der Waals surface area contributed by atoms with Gasteiger partial charge in [-0.1, -0.05) is 49.2 Å². The average Bonchev–Trinajstić information content (AvgIpc) is 3.22. The first-order valence-electron chi connectivity index (χ1n) is 10.0. The molecule has 0 atom stereocenters. The molecule has 0 radical (unpaired) electrons. The smallest absolute Gasteiger partial charge is 0.277 e. The van der Waals surface area contributed by atoms with Crippen LogP contribution in [0.1, 0.15) is 48.5 Å². The van der Waals surface area contributed by atoms with Gasteiger partial charge in [-0.05, 0) is 49.7 Å². The first-order chi connectivity index (χ1) is 14.5. The van der Waals surface area contributed by atoms with Crippen LogP contribution in [0.2, 0.25) is 0 Å². The number of nitrogens with zero attached hydrogens (tertiary/aromatic N) is 2. The van der Waals surface area contributed by atoms with E-state index in [4.69, 9.17) is 4.42 Å². The number of aromatic nitrogens is 2. The standard InChI is InChI=1S/C23H25N3O3S/c1-3-4-5-9-21(28)24-19-12-10-17(11-13-19)20(27)15-30-23-26-25-22(29-23)18-8-6-7-16(2)14-18/h6-8,10-14H,3-5,9,15H2,1-2H3,(H,24,28). The van der Waals surface area contributed by atoms with Crippen molar-refractivity contribution in [2.75, 3.05) is 11.1 Å². The Morgan fingerprint density at radius 2 is 1.87 bits per heavy atom. The molecule has 0 aliphatic rings. The predicted octanol–water partition coefficient (Wildman–Crippen LogP) is 5.54. The quantitative estimate of drug-likeness (QED) is 0.262. The number of rotatable bonds is 10. The lowest BCUT2D eigenvalue weighted by molar-refractivity contribution is -0.116. The van der Waals surface area contributed by atoms with Gasteiger partial charge in [0.1, 0.15) is 0 Å². The first kappa shape index (κ1) is 21.8. The van der Waals surface area contributed by atoms with Crippen molar-refractivity contribution in [1.82, 2.24) is 10.2 Å². The maximum absolute atomic E-state index is 12.4. The number of ketones is 1. The Balaban J connectivity index is 1.51. The van der Waals surface area contributed by atoms with Crippen molar-refractivity contribution in [3.05, 3.63) is 59.7 Å². The van der Waals surface area contributed by atoms with Gasteiger partial charge in [-0.3, -0.25) is 9.59 Å². The summed E-state index contributed by atoms with van der Waals surface area (Å²) in [5.41, 5.74) is 3.23. The van der Waals surface area contributed by atoms with Crippen molar-refractivity contribution in [3.63, 3.8) is 0 Å². The number of hydrogen-bond donors (Lipinski definition) is 1. The maximum atomic E-state index is 12.4. The second-order valence-electron chi connectivity index (χ2n) is 7.04. The number of carbonyl (C=O) groups is 2. The van der Waals surface area contributed by atoms with Crippen molar-refractivity contribution >= 4 is 29.1 Å². The Kier molecular flexibility index (Phi) is 7.79. The van der Waals surface area contributed by atoms with Gasteiger partial charge in [-0.25, -0.2) is 0 Å². The minimum absolute atomic E-state index is 0.00103. The molecule has 1 N–H and O–H groups in total. The molecule has 7 heteroatoms. The van der Waals surface area contributed by atoms with Crippen molar-refractivity contribution in [2.45, 2.75) is 44.8 Å². The van der Waals surface area contributed by atoms with Crippen LogP contribution < -0.4 is 5.32 Å². The van der Waals surface area contributed by atoms with Crippen molar-refractivity contribution in [3.8, 4) is 11.5 Å². The van der Waals surface area contributed by atoms with Crippen LogP contribution in [0.5, 0.6) is 0 Å². The molecule has 1 aromatic heterocycles. The Bertz CT molecular complexity index is 999. The van der Waals surface area contributed by atoms with Crippen molar-refractivity contribution < 1.29 is 14.0 Å². The van der Waals surface area contributed by atoms with Crippen LogP contribution in [0.15, 0.2) is 58.2 Å². The fourth-order valence-electron chi connectivity index (χ4n) is 2.87. The SMILES string of the molecule is CCCCCC(=O)Nc1ccc(C(=O)CSc2nnc(-c3cccc(C)c3)o2)cc1. The monoisotopic (exact) mass is 423 g/mol. The number of carbonyl (C=O) groups excluding carboxylic acids is 2. The number of benzene rings is 2. The summed E-state index contributed by atoms with van der Waals surface area (Å²) >= 11 is 1.21. The molecule has 0 aliphatic heterocycles. The van der Waals surface area contributed by atoms with Gasteiger partial charge in [0.15, 0.2) is 5.78 Å². The van der Waals surface area contributed by atoms with E-state index in [-0.39, 0.29) is 17.4 Å². The number of nitrogens with one attached hydrogen (secondary N) is 1. The number of hydrogen-bond acceptors (Lipinski definition) is 6. The average molecular weight is 424 g/mol. The Morgan fingerprint density at radius 1 is 1.07 bits per heavy atom. The van der Waals surface area contributed by atoms with Gasteiger partial charge in [-0.15, -0.1) is 10.2 Å². The molecule has 0 bridgehead atoms. The molecule has 0 fully saturated rings. The molecule has 1 heterocycles. The lowest BCUT2D eigenvalue weighted by Gasteiger charge is -2.06. The van der Waals surface area contributed by atoms with Crippen LogP contribution >= 0.6 is 11.8 Å². The van der Waals surface area contributed by atoms with Crippen molar-refractivity contribution in [2.24, 2.45) is 0 Å². The fourth-order valence-corrected chi connectivity index (χ4v) is 3.53. The molecule has 2 aromatic carbocycles. The predicted molar refractivity (Wildman–Crippen MR) is 119 cm³/mol. The number of amides is 1. The Labute approximate surface area is 180 Å². The van der Waals surface area contributed by atoms with Gasteiger partial charge in [0, 0.05) is 23.2 Å². The zero-order chi connectivity index (χ0) is 21.3. The van der Waals surface area contributed by atoms with E-state index in [1.54, 1.807) is 24.3 Å². The normalized spacial score (nSPS) is 10.7. The van der Waals surface area contributed by atoms with Gasteiger partial charge in [0.25, 0.3) is 5.22 Å². The summed E-state index contributed by atoms with van der Waals surface area (Å²) in [7, 11) is 0. The summed E-state index contributed by atoms with van der Waals surface area (Å²) < 4.78 is 5.66. The number of thioether (sulfide) groups is 1. The molecular weight excluding hydrogens is 398 g/mol. The highest BCUT2D eigenvalue weighted by molar-refractivity contribution is 7.99. The number of anilines is 1. The third kappa shape index (κ3) is 6.29. The number of unbranched alkanes of at least 4 members (excludes halogenated alkanes) is 2. The number of aryl methyl sites for hydroxylation is 1. The topological polar surface area (TPSA) is 85.1 Å². The molecule has 0 saturated carbocycles. The van der Waals surface area contributed by atoms with Crippen LogP contribution in [-0.2, 0) is 4.79 Å². The van der Waals surface area contributed by atoms with Crippen LogP contribution in [0, 0.1) is 6.92 Å².